The number of rotatable bonds is 8. The SMILES string of the molecule is CCN(CCC(O)c1c(F)cccc1OC)CC1CCC1. The van der Waals surface area contributed by atoms with E-state index in [9.17, 15) is 9.50 Å². The number of methoxy groups -OCH3 is 1. The van der Waals surface area contributed by atoms with Crippen molar-refractivity contribution in [2.45, 2.75) is 38.7 Å². The minimum Gasteiger partial charge on any atom is -0.496 e. The van der Waals surface area contributed by atoms with Gasteiger partial charge < -0.3 is 14.7 Å². The van der Waals surface area contributed by atoms with Gasteiger partial charge in [-0.25, -0.2) is 4.39 Å². The van der Waals surface area contributed by atoms with Crippen LogP contribution >= 0.6 is 0 Å². The number of hydrogen-bond donors (Lipinski definition) is 1. The summed E-state index contributed by atoms with van der Waals surface area (Å²) in [7, 11) is 1.50. The Balaban J connectivity index is 1.92. The van der Waals surface area contributed by atoms with Gasteiger partial charge in [-0.2, -0.15) is 0 Å². The summed E-state index contributed by atoms with van der Waals surface area (Å²) in [4.78, 5) is 2.35. The molecule has 0 amide bonds. The molecule has 0 bridgehead atoms. The van der Waals surface area contributed by atoms with E-state index in [1.54, 1.807) is 12.1 Å². The van der Waals surface area contributed by atoms with E-state index in [1.165, 1.54) is 32.4 Å². The Morgan fingerprint density at radius 2 is 2.19 bits per heavy atom. The van der Waals surface area contributed by atoms with Crippen LogP contribution in [-0.4, -0.2) is 36.8 Å². The maximum atomic E-state index is 13.9. The predicted octanol–water partition coefficient (Wildman–Crippen LogP) is 3.38. The molecule has 3 nitrogen and oxygen atoms in total. The maximum absolute atomic E-state index is 13.9. The molecule has 1 aromatic rings. The summed E-state index contributed by atoms with van der Waals surface area (Å²) >= 11 is 0. The van der Waals surface area contributed by atoms with Crippen molar-refractivity contribution in [2.24, 2.45) is 5.92 Å². The van der Waals surface area contributed by atoms with Gasteiger partial charge in [-0.05, 0) is 43.9 Å². The molecule has 1 N–H and O–H groups in total. The molecule has 0 aromatic heterocycles. The average Bonchev–Trinajstić information content (AvgIpc) is 2.44. The molecule has 2 rings (SSSR count). The molecule has 0 heterocycles. The molecule has 4 heteroatoms. The first kappa shape index (κ1) is 16.2. The number of hydrogen-bond acceptors (Lipinski definition) is 3. The molecular formula is C17H26FNO2. The van der Waals surface area contributed by atoms with Crippen molar-refractivity contribution in [3.8, 4) is 5.75 Å². The van der Waals surface area contributed by atoms with Crippen LogP contribution in [0.15, 0.2) is 18.2 Å². The summed E-state index contributed by atoms with van der Waals surface area (Å²) in [6, 6.07) is 4.65. The summed E-state index contributed by atoms with van der Waals surface area (Å²) in [5.41, 5.74) is 0.277. The summed E-state index contributed by atoms with van der Waals surface area (Å²) in [5.74, 6) is 0.832. The molecular weight excluding hydrogens is 269 g/mol. The molecule has 1 fully saturated rings. The standard InChI is InChI=1S/C17H26FNO2/c1-3-19(12-13-6-4-7-13)11-10-15(20)17-14(18)8-5-9-16(17)21-2/h5,8-9,13,15,20H,3-4,6-7,10-12H2,1-2H3. The average molecular weight is 295 g/mol. The van der Waals surface area contributed by atoms with Crippen LogP contribution in [0.2, 0.25) is 0 Å². The molecule has 0 aliphatic heterocycles. The molecule has 1 saturated carbocycles. The fourth-order valence-electron chi connectivity index (χ4n) is 2.89. The largest absolute Gasteiger partial charge is 0.496 e. The van der Waals surface area contributed by atoms with Gasteiger partial charge >= 0.3 is 0 Å². The molecule has 1 aliphatic carbocycles. The van der Waals surface area contributed by atoms with Crippen LogP contribution in [0.25, 0.3) is 0 Å². The number of aliphatic hydroxyl groups is 1. The Morgan fingerprint density at radius 3 is 2.76 bits per heavy atom. The fraction of sp³-hybridized carbons (Fsp3) is 0.647. The third kappa shape index (κ3) is 4.17. The van der Waals surface area contributed by atoms with Crippen LogP contribution in [0, 0.1) is 11.7 Å². The van der Waals surface area contributed by atoms with Crippen LogP contribution in [-0.2, 0) is 0 Å². The molecule has 1 unspecified atom stereocenters. The van der Waals surface area contributed by atoms with E-state index >= 15 is 0 Å². The van der Waals surface area contributed by atoms with Crippen molar-refractivity contribution in [1.82, 2.24) is 4.90 Å². The van der Waals surface area contributed by atoms with Crippen LogP contribution in [0.1, 0.15) is 44.3 Å². The second kappa shape index (κ2) is 7.76. The van der Waals surface area contributed by atoms with Gasteiger partial charge in [0.15, 0.2) is 0 Å². The van der Waals surface area contributed by atoms with Crippen molar-refractivity contribution < 1.29 is 14.2 Å². The molecule has 1 aromatic carbocycles. The second-order valence-corrected chi connectivity index (χ2v) is 5.85. The highest BCUT2D eigenvalue weighted by Crippen LogP contribution is 2.31. The zero-order valence-corrected chi connectivity index (χ0v) is 13.0. The first-order chi connectivity index (χ1) is 10.2. The lowest BCUT2D eigenvalue weighted by Crippen LogP contribution is -2.33. The quantitative estimate of drug-likeness (QED) is 0.798. The number of benzene rings is 1. The molecule has 118 valence electrons. The van der Waals surface area contributed by atoms with Gasteiger partial charge in [0.1, 0.15) is 11.6 Å². The van der Waals surface area contributed by atoms with E-state index in [0.717, 1.165) is 25.6 Å². The van der Waals surface area contributed by atoms with Crippen LogP contribution in [0.3, 0.4) is 0 Å². The normalized spacial score (nSPS) is 16.8. The van der Waals surface area contributed by atoms with E-state index in [4.69, 9.17) is 4.74 Å². The number of halogens is 1. The summed E-state index contributed by atoms with van der Waals surface area (Å²) in [6.07, 6.45) is 3.69. The maximum Gasteiger partial charge on any atom is 0.132 e. The highest BCUT2D eigenvalue weighted by molar-refractivity contribution is 5.36. The fourth-order valence-corrected chi connectivity index (χ4v) is 2.89. The summed E-state index contributed by atoms with van der Waals surface area (Å²) in [5, 5.41) is 10.3. The zero-order valence-electron chi connectivity index (χ0n) is 13.0. The van der Waals surface area contributed by atoms with Crippen molar-refractivity contribution >= 4 is 0 Å². The lowest BCUT2D eigenvalue weighted by Gasteiger charge is -2.32. The Kier molecular flexibility index (Phi) is 6.00. The molecule has 0 spiro atoms. The van der Waals surface area contributed by atoms with E-state index < -0.39 is 11.9 Å². The Morgan fingerprint density at radius 1 is 1.43 bits per heavy atom. The first-order valence-corrected chi connectivity index (χ1v) is 7.88. The van der Waals surface area contributed by atoms with Gasteiger partial charge in [-0.15, -0.1) is 0 Å². The lowest BCUT2D eigenvalue weighted by atomic mass is 9.85. The minimum absolute atomic E-state index is 0.277. The third-order valence-electron chi connectivity index (χ3n) is 4.47. The number of aliphatic hydroxyl groups excluding tert-OH is 1. The zero-order chi connectivity index (χ0) is 15.2. The first-order valence-electron chi connectivity index (χ1n) is 7.88. The van der Waals surface area contributed by atoms with E-state index in [2.05, 4.69) is 11.8 Å². The van der Waals surface area contributed by atoms with Crippen molar-refractivity contribution in [3.63, 3.8) is 0 Å². The van der Waals surface area contributed by atoms with Gasteiger partial charge in [-0.3, -0.25) is 0 Å². The molecule has 1 aliphatic rings. The topological polar surface area (TPSA) is 32.7 Å². The molecule has 21 heavy (non-hydrogen) atoms. The van der Waals surface area contributed by atoms with E-state index in [0.29, 0.717) is 12.2 Å². The van der Waals surface area contributed by atoms with Gasteiger partial charge in [0, 0.05) is 13.1 Å². The highest BCUT2D eigenvalue weighted by atomic mass is 19.1. The summed E-state index contributed by atoms with van der Waals surface area (Å²) < 4.78 is 19.1. The second-order valence-electron chi connectivity index (χ2n) is 5.85. The highest BCUT2D eigenvalue weighted by Gasteiger charge is 2.22. The predicted molar refractivity (Wildman–Crippen MR) is 82.0 cm³/mol. The summed E-state index contributed by atoms with van der Waals surface area (Å²) in [6.45, 7) is 4.98. The Bertz CT molecular complexity index is 448. The molecule has 0 saturated heterocycles. The number of ether oxygens (including phenoxy) is 1. The van der Waals surface area contributed by atoms with Crippen LogP contribution < -0.4 is 4.74 Å². The van der Waals surface area contributed by atoms with E-state index in [-0.39, 0.29) is 5.56 Å². The minimum atomic E-state index is -0.823. The van der Waals surface area contributed by atoms with Gasteiger partial charge in [0.2, 0.25) is 0 Å². The Hall–Kier alpha value is -1.13. The van der Waals surface area contributed by atoms with Crippen LogP contribution in [0.5, 0.6) is 5.75 Å². The smallest absolute Gasteiger partial charge is 0.132 e. The van der Waals surface area contributed by atoms with Crippen molar-refractivity contribution in [2.75, 3.05) is 26.7 Å². The molecule has 0 radical (unpaired) electrons. The molecule has 1 atom stereocenters. The monoisotopic (exact) mass is 295 g/mol. The third-order valence-corrected chi connectivity index (χ3v) is 4.47. The number of nitrogens with zero attached hydrogens (tertiary/aromatic N) is 1. The van der Waals surface area contributed by atoms with Gasteiger partial charge in [-0.1, -0.05) is 19.4 Å². The van der Waals surface area contributed by atoms with Gasteiger partial charge in [0.05, 0.1) is 18.8 Å². The van der Waals surface area contributed by atoms with Crippen molar-refractivity contribution in [1.29, 1.82) is 0 Å². The Labute approximate surface area is 126 Å². The van der Waals surface area contributed by atoms with E-state index in [1.807, 2.05) is 0 Å². The lowest BCUT2D eigenvalue weighted by molar-refractivity contribution is 0.121. The van der Waals surface area contributed by atoms with Crippen LogP contribution in [0.4, 0.5) is 4.39 Å². The van der Waals surface area contributed by atoms with Gasteiger partial charge in [0.25, 0.3) is 0 Å². The van der Waals surface area contributed by atoms with Crippen molar-refractivity contribution in [3.05, 3.63) is 29.6 Å².